The van der Waals surface area contributed by atoms with Crippen LogP contribution in [0, 0.1) is 17.8 Å². The van der Waals surface area contributed by atoms with Crippen molar-refractivity contribution in [3.05, 3.63) is 29.6 Å². The molecule has 2 N–H and O–H groups in total. The van der Waals surface area contributed by atoms with Crippen molar-refractivity contribution in [1.29, 1.82) is 0 Å². The van der Waals surface area contributed by atoms with E-state index in [4.69, 9.17) is 15.6 Å². The lowest BCUT2D eigenvalue weighted by Gasteiger charge is -2.35. The van der Waals surface area contributed by atoms with Crippen molar-refractivity contribution in [2.45, 2.75) is 50.4 Å². The average Bonchev–Trinajstić information content (AvgIpc) is 3.17. The smallest absolute Gasteiger partial charge is 0.383 e. The highest BCUT2D eigenvalue weighted by Crippen LogP contribution is 2.59. The van der Waals surface area contributed by atoms with Gasteiger partial charge in [-0.05, 0) is 42.7 Å². The standard InChI is InChI=1S/C23H28F3N5O/c24-23(25,26)18-5-14(7-28-22(18)27)19-6-20(31(29-19)8-13-3-1-2-4-13)21-16-9-30(10-17(16)21)15-11-32-12-15/h5-7,13,15-17,21H,1-4,8-12H2,(H2,27,28)/t16-,17+,21?. The second kappa shape index (κ2) is 7.45. The molecule has 2 saturated heterocycles. The van der Waals surface area contributed by atoms with Gasteiger partial charge in [0, 0.05) is 43.0 Å². The molecule has 0 radical (unpaired) electrons. The number of rotatable bonds is 5. The van der Waals surface area contributed by atoms with Gasteiger partial charge in [-0.15, -0.1) is 0 Å². The molecule has 4 heterocycles. The first-order valence-corrected chi connectivity index (χ1v) is 11.6. The van der Waals surface area contributed by atoms with Crippen molar-refractivity contribution in [2.24, 2.45) is 17.8 Å². The minimum atomic E-state index is -4.54. The number of nitrogens with two attached hydrogens (primary N) is 1. The molecule has 172 valence electrons. The van der Waals surface area contributed by atoms with Crippen LogP contribution in [0.2, 0.25) is 0 Å². The average molecular weight is 448 g/mol. The second-order valence-electron chi connectivity index (χ2n) is 9.94. The molecule has 9 heteroatoms. The quantitative estimate of drug-likeness (QED) is 0.756. The maximum Gasteiger partial charge on any atom is 0.419 e. The first kappa shape index (κ1) is 20.5. The zero-order chi connectivity index (χ0) is 22.0. The third kappa shape index (κ3) is 3.50. The molecule has 3 atom stereocenters. The Morgan fingerprint density at radius 3 is 2.44 bits per heavy atom. The van der Waals surface area contributed by atoms with Crippen molar-refractivity contribution in [1.82, 2.24) is 19.7 Å². The fourth-order valence-corrected chi connectivity index (χ4v) is 6.00. The van der Waals surface area contributed by atoms with E-state index < -0.39 is 17.6 Å². The highest BCUT2D eigenvalue weighted by molar-refractivity contribution is 5.63. The molecule has 2 aliphatic carbocycles. The number of fused-ring (bicyclic) bond motifs is 1. The van der Waals surface area contributed by atoms with Crippen LogP contribution in [0.1, 0.15) is 42.9 Å². The Kier molecular flexibility index (Phi) is 4.77. The van der Waals surface area contributed by atoms with Gasteiger partial charge in [-0.3, -0.25) is 9.58 Å². The molecule has 4 fully saturated rings. The lowest BCUT2D eigenvalue weighted by atomic mass is 10.1. The zero-order valence-electron chi connectivity index (χ0n) is 17.9. The van der Waals surface area contributed by atoms with Gasteiger partial charge in [0.15, 0.2) is 0 Å². The van der Waals surface area contributed by atoms with Gasteiger partial charge in [0.2, 0.25) is 0 Å². The van der Waals surface area contributed by atoms with Gasteiger partial charge < -0.3 is 10.5 Å². The molecule has 0 amide bonds. The molecule has 0 aromatic carbocycles. The van der Waals surface area contributed by atoms with E-state index in [1.807, 2.05) is 6.07 Å². The SMILES string of the molecule is Nc1ncc(-c2cc(C3[C@H]4CN(C5COC5)C[C@@H]34)n(CC3CCCC3)n2)cc1C(F)(F)F. The van der Waals surface area contributed by atoms with E-state index in [1.165, 1.54) is 37.6 Å². The lowest BCUT2D eigenvalue weighted by Crippen LogP contribution is -2.48. The first-order valence-electron chi connectivity index (χ1n) is 11.6. The predicted octanol–water partition coefficient (Wildman–Crippen LogP) is 3.78. The monoisotopic (exact) mass is 447 g/mol. The molecule has 2 aromatic rings. The van der Waals surface area contributed by atoms with E-state index in [0.717, 1.165) is 38.9 Å². The summed E-state index contributed by atoms with van der Waals surface area (Å²) in [6.07, 6.45) is 1.76. The Balaban J connectivity index is 1.29. The number of halogens is 3. The molecule has 2 saturated carbocycles. The van der Waals surface area contributed by atoms with Crippen molar-refractivity contribution >= 4 is 5.82 Å². The Labute approximate surface area is 184 Å². The summed E-state index contributed by atoms with van der Waals surface area (Å²) in [5, 5.41) is 4.80. The summed E-state index contributed by atoms with van der Waals surface area (Å²) in [7, 11) is 0. The topological polar surface area (TPSA) is 69.2 Å². The van der Waals surface area contributed by atoms with Crippen molar-refractivity contribution in [2.75, 3.05) is 32.0 Å². The van der Waals surface area contributed by atoms with E-state index in [0.29, 0.717) is 41.0 Å². The van der Waals surface area contributed by atoms with Gasteiger partial charge in [-0.25, -0.2) is 4.98 Å². The van der Waals surface area contributed by atoms with Crippen LogP contribution in [0.4, 0.5) is 19.0 Å². The van der Waals surface area contributed by atoms with E-state index >= 15 is 0 Å². The number of nitrogen functional groups attached to an aromatic ring is 1. The minimum absolute atomic E-state index is 0.372. The molecular formula is C23H28F3N5O. The Morgan fingerprint density at radius 2 is 1.81 bits per heavy atom. The van der Waals surface area contributed by atoms with Gasteiger partial charge in [0.05, 0.1) is 30.5 Å². The number of anilines is 1. The van der Waals surface area contributed by atoms with E-state index in [1.54, 1.807) is 0 Å². The number of aromatic nitrogens is 3. The highest BCUT2D eigenvalue weighted by atomic mass is 19.4. The number of alkyl halides is 3. The number of hydrogen-bond acceptors (Lipinski definition) is 5. The van der Waals surface area contributed by atoms with Crippen LogP contribution < -0.4 is 5.73 Å². The van der Waals surface area contributed by atoms with Gasteiger partial charge >= 0.3 is 6.18 Å². The summed E-state index contributed by atoms with van der Waals surface area (Å²) in [6.45, 7) is 4.67. The molecule has 6 rings (SSSR count). The van der Waals surface area contributed by atoms with Crippen molar-refractivity contribution < 1.29 is 17.9 Å². The van der Waals surface area contributed by atoms with E-state index in [9.17, 15) is 13.2 Å². The summed E-state index contributed by atoms with van der Waals surface area (Å²) >= 11 is 0. The third-order valence-corrected chi connectivity index (χ3v) is 7.94. The van der Waals surface area contributed by atoms with Gasteiger partial charge in [0.1, 0.15) is 5.82 Å². The number of nitrogens with zero attached hydrogens (tertiary/aromatic N) is 4. The molecule has 6 nitrogen and oxygen atoms in total. The molecule has 0 bridgehead atoms. The largest absolute Gasteiger partial charge is 0.419 e. The highest BCUT2D eigenvalue weighted by Gasteiger charge is 2.58. The molecule has 4 aliphatic rings. The molecular weight excluding hydrogens is 419 g/mol. The Morgan fingerprint density at radius 1 is 1.09 bits per heavy atom. The van der Waals surface area contributed by atoms with Crippen molar-refractivity contribution in [3.63, 3.8) is 0 Å². The number of hydrogen-bond donors (Lipinski definition) is 1. The molecule has 1 unspecified atom stereocenters. The Bertz CT molecular complexity index is 1000. The number of pyridine rings is 1. The van der Waals surface area contributed by atoms with Gasteiger partial charge in [0.25, 0.3) is 0 Å². The summed E-state index contributed by atoms with van der Waals surface area (Å²) < 4.78 is 47.5. The van der Waals surface area contributed by atoms with Crippen LogP contribution >= 0.6 is 0 Å². The fourth-order valence-electron chi connectivity index (χ4n) is 6.00. The third-order valence-electron chi connectivity index (χ3n) is 7.94. The molecule has 32 heavy (non-hydrogen) atoms. The van der Waals surface area contributed by atoms with E-state index in [2.05, 4.69) is 14.6 Å². The molecule has 2 aromatic heterocycles. The van der Waals surface area contributed by atoms with E-state index in [-0.39, 0.29) is 0 Å². The number of piperidine rings is 1. The minimum Gasteiger partial charge on any atom is -0.383 e. The summed E-state index contributed by atoms with van der Waals surface area (Å²) in [5.41, 5.74) is 6.71. The summed E-state index contributed by atoms with van der Waals surface area (Å²) in [5.74, 6) is 1.76. The molecule has 0 spiro atoms. The normalized spacial score (nSPS) is 28.8. The summed E-state index contributed by atoms with van der Waals surface area (Å²) in [4.78, 5) is 6.35. The maximum atomic E-state index is 13.4. The maximum absolute atomic E-state index is 13.4. The van der Waals surface area contributed by atoms with Crippen LogP contribution in [0.15, 0.2) is 18.3 Å². The fraction of sp³-hybridized carbons (Fsp3) is 0.652. The van der Waals surface area contributed by atoms with Crippen LogP contribution in [0.5, 0.6) is 0 Å². The number of likely N-dealkylation sites (tertiary alicyclic amines) is 1. The van der Waals surface area contributed by atoms with Crippen LogP contribution in [0.25, 0.3) is 11.3 Å². The Hall–Kier alpha value is -2.13. The molecule has 2 aliphatic heterocycles. The first-order chi connectivity index (χ1) is 15.4. The number of ether oxygens (including phenoxy) is 1. The predicted molar refractivity (Wildman–Crippen MR) is 113 cm³/mol. The van der Waals surface area contributed by atoms with Crippen LogP contribution in [0.3, 0.4) is 0 Å². The zero-order valence-corrected chi connectivity index (χ0v) is 17.9. The van der Waals surface area contributed by atoms with Crippen molar-refractivity contribution in [3.8, 4) is 11.3 Å². The van der Waals surface area contributed by atoms with Gasteiger partial charge in [-0.2, -0.15) is 18.3 Å². The lowest BCUT2D eigenvalue weighted by molar-refractivity contribution is -0.137. The summed E-state index contributed by atoms with van der Waals surface area (Å²) in [6, 6.07) is 3.65. The van der Waals surface area contributed by atoms with Gasteiger partial charge in [-0.1, -0.05) is 12.8 Å². The second-order valence-corrected chi connectivity index (χ2v) is 9.94. The van der Waals surface area contributed by atoms with Crippen LogP contribution in [-0.2, 0) is 17.5 Å². The van der Waals surface area contributed by atoms with Crippen LogP contribution in [-0.4, -0.2) is 52.0 Å².